The molecule has 1 fully saturated rings. The topological polar surface area (TPSA) is 12.0 Å². The third kappa shape index (κ3) is 7.25. The lowest BCUT2D eigenvalue weighted by atomic mass is 9.72. The van der Waals surface area contributed by atoms with E-state index in [-0.39, 0.29) is 22.7 Å². The highest BCUT2D eigenvalue weighted by molar-refractivity contribution is 5.76. The van der Waals surface area contributed by atoms with Gasteiger partial charge in [0.1, 0.15) is 5.82 Å². The molecule has 1 nitrogen and oxygen atoms in total. The molecule has 0 radical (unpaired) electrons. The first-order valence-electron chi connectivity index (χ1n) is 15.2. The Kier molecular flexibility index (Phi) is 10.6. The van der Waals surface area contributed by atoms with Crippen molar-refractivity contribution in [2.45, 2.75) is 106 Å². The quantitative estimate of drug-likeness (QED) is 0.238. The van der Waals surface area contributed by atoms with Gasteiger partial charge >= 0.3 is 0 Å². The van der Waals surface area contributed by atoms with Crippen molar-refractivity contribution in [1.82, 2.24) is 5.32 Å². The van der Waals surface area contributed by atoms with Gasteiger partial charge in [0.15, 0.2) is 0 Å². The van der Waals surface area contributed by atoms with Gasteiger partial charge in [-0.2, -0.15) is 0 Å². The van der Waals surface area contributed by atoms with E-state index < -0.39 is 5.92 Å². The average molecular weight is 566 g/mol. The molecule has 2 aromatic carbocycles. The van der Waals surface area contributed by atoms with Crippen LogP contribution in [0.3, 0.4) is 0 Å². The van der Waals surface area contributed by atoms with Crippen LogP contribution in [-0.4, -0.2) is 13.6 Å². The SMILES string of the molecule is C=C1/C(=C(\C)C(C)(CCCNC)Cc2ccc(CCCC)c(F)c2C)C1c1ccc(C(C)(F)F)cc1C(C)=C(C)C. The molecule has 0 amide bonds. The predicted molar refractivity (Wildman–Crippen MR) is 169 cm³/mol. The Hall–Kier alpha value is -2.59. The zero-order valence-electron chi connectivity index (χ0n) is 26.8. The molecule has 0 bridgehead atoms. The van der Waals surface area contributed by atoms with Crippen molar-refractivity contribution < 1.29 is 13.2 Å². The monoisotopic (exact) mass is 565 g/mol. The summed E-state index contributed by atoms with van der Waals surface area (Å²) in [5.74, 6) is -2.96. The molecule has 2 unspecified atom stereocenters. The largest absolute Gasteiger partial charge is 0.320 e. The lowest BCUT2D eigenvalue weighted by Crippen LogP contribution is -2.24. The molecule has 1 N–H and O–H groups in total. The summed E-state index contributed by atoms with van der Waals surface area (Å²) in [5, 5.41) is 3.27. The van der Waals surface area contributed by atoms with Crippen molar-refractivity contribution in [2.24, 2.45) is 5.41 Å². The van der Waals surface area contributed by atoms with Crippen molar-refractivity contribution in [2.75, 3.05) is 13.6 Å². The maximum Gasteiger partial charge on any atom is 0.270 e. The molecule has 1 saturated carbocycles. The average Bonchev–Trinajstić information content (AvgIpc) is 3.59. The van der Waals surface area contributed by atoms with Gasteiger partial charge in [0, 0.05) is 18.4 Å². The number of benzene rings is 2. The molecule has 0 heterocycles. The molecule has 0 saturated heterocycles. The fraction of sp³-hybridized carbons (Fsp3) is 0.514. The smallest absolute Gasteiger partial charge is 0.270 e. The molecule has 41 heavy (non-hydrogen) atoms. The molecule has 2 aromatic rings. The lowest BCUT2D eigenvalue weighted by molar-refractivity contribution is 0.0174. The van der Waals surface area contributed by atoms with E-state index in [1.54, 1.807) is 12.1 Å². The molecular weight excluding hydrogens is 515 g/mol. The normalized spacial score (nSPS) is 17.9. The van der Waals surface area contributed by atoms with E-state index in [0.29, 0.717) is 0 Å². The van der Waals surface area contributed by atoms with Crippen LogP contribution in [0, 0.1) is 18.2 Å². The third-order valence-corrected chi connectivity index (χ3v) is 9.35. The van der Waals surface area contributed by atoms with Gasteiger partial charge in [-0.05, 0) is 136 Å². The molecule has 1 aliphatic rings. The standard InChI is InChI=1S/C37H50F3N/c1-11-12-14-28-15-16-29(25(5)35(28)38)22-36(8,19-13-20-41-10)27(7)33-26(6)34(33)31-18-17-30(37(9,39)40)21-32(31)24(4)23(2)3/h15-18,21,34,41H,6,11-14,19-20,22H2,1-5,7-10H3/b33-27-. The number of hydrogen-bond donors (Lipinski definition) is 1. The van der Waals surface area contributed by atoms with Crippen LogP contribution in [0.25, 0.3) is 5.57 Å². The first kappa shape index (κ1) is 32.9. The Bertz CT molecular complexity index is 1340. The van der Waals surface area contributed by atoms with Crippen LogP contribution in [0.15, 0.2) is 59.2 Å². The molecule has 0 aromatic heterocycles. The minimum atomic E-state index is -2.91. The van der Waals surface area contributed by atoms with Crippen molar-refractivity contribution in [3.8, 4) is 0 Å². The van der Waals surface area contributed by atoms with Crippen LogP contribution in [0.5, 0.6) is 0 Å². The predicted octanol–water partition coefficient (Wildman–Crippen LogP) is 10.6. The number of halogens is 3. The third-order valence-electron chi connectivity index (χ3n) is 9.35. The number of aryl methyl sites for hydroxylation is 1. The van der Waals surface area contributed by atoms with Gasteiger partial charge in [0.25, 0.3) is 5.92 Å². The fourth-order valence-electron chi connectivity index (χ4n) is 6.08. The fourth-order valence-corrected chi connectivity index (χ4v) is 6.08. The number of unbranched alkanes of at least 4 members (excludes halogenated alkanes) is 1. The molecule has 0 aliphatic heterocycles. The first-order valence-corrected chi connectivity index (χ1v) is 15.2. The summed E-state index contributed by atoms with van der Waals surface area (Å²) in [6.45, 7) is 20.9. The van der Waals surface area contributed by atoms with Crippen LogP contribution >= 0.6 is 0 Å². The number of nitrogens with one attached hydrogen (secondary N) is 1. The summed E-state index contributed by atoms with van der Waals surface area (Å²) in [4.78, 5) is 0. The summed E-state index contributed by atoms with van der Waals surface area (Å²) >= 11 is 0. The first-order chi connectivity index (χ1) is 19.2. The molecule has 2 atom stereocenters. The summed E-state index contributed by atoms with van der Waals surface area (Å²) in [6, 6.07) is 9.19. The number of rotatable bonds is 13. The Morgan fingerprint density at radius 1 is 1.00 bits per heavy atom. The van der Waals surface area contributed by atoms with Crippen LogP contribution in [-0.2, 0) is 18.8 Å². The molecular formula is C37H50F3N. The van der Waals surface area contributed by atoms with Gasteiger partial charge in [-0.15, -0.1) is 0 Å². The molecule has 0 spiro atoms. The molecule has 4 heteroatoms. The van der Waals surface area contributed by atoms with Gasteiger partial charge in [-0.25, -0.2) is 13.2 Å². The van der Waals surface area contributed by atoms with E-state index in [4.69, 9.17) is 0 Å². The van der Waals surface area contributed by atoms with Crippen LogP contribution in [0.4, 0.5) is 13.2 Å². The van der Waals surface area contributed by atoms with E-state index >= 15 is 4.39 Å². The zero-order valence-corrected chi connectivity index (χ0v) is 26.8. The number of alkyl halides is 2. The maximum absolute atomic E-state index is 15.4. The summed E-state index contributed by atoms with van der Waals surface area (Å²) in [7, 11) is 1.96. The zero-order chi connectivity index (χ0) is 30.7. The Balaban J connectivity index is 2.08. The number of hydrogen-bond acceptors (Lipinski definition) is 1. The van der Waals surface area contributed by atoms with Crippen LogP contribution in [0.2, 0.25) is 0 Å². The Morgan fingerprint density at radius 2 is 1.66 bits per heavy atom. The van der Waals surface area contributed by atoms with Crippen molar-refractivity contribution in [3.63, 3.8) is 0 Å². The molecule has 224 valence electrons. The number of allylic oxidation sites excluding steroid dienone is 5. The maximum atomic E-state index is 15.4. The highest BCUT2D eigenvalue weighted by atomic mass is 19.3. The second kappa shape index (κ2) is 13.2. The van der Waals surface area contributed by atoms with Gasteiger partial charge in [0.2, 0.25) is 0 Å². The van der Waals surface area contributed by atoms with E-state index in [2.05, 4.69) is 38.7 Å². The lowest BCUT2D eigenvalue weighted by Gasteiger charge is -2.32. The molecule has 1 aliphatic carbocycles. The minimum Gasteiger partial charge on any atom is -0.320 e. The second-order valence-corrected chi connectivity index (χ2v) is 12.7. The van der Waals surface area contributed by atoms with E-state index in [1.165, 1.54) is 11.1 Å². The Morgan fingerprint density at radius 3 is 2.24 bits per heavy atom. The summed E-state index contributed by atoms with van der Waals surface area (Å²) < 4.78 is 44.0. The van der Waals surface area contributed by atoms with E-state index in [1.807, 2.05) is 46.9 Å². The van der Waals surface area contributed by atoms with E-state index in [0.717, 1.165) is 96.5 Å². The highest BCUT2D eigenvalue weighted by Gasteiger charge is 2.44. The van der Waals surface area contributed by atoms with Gasteiger partial charge in [-0.1, -0.05) is 62.3 Å². The van der Waals surface area contributed by atoms with Crippen molar-refractivity contribution in [1.29, 1.82) is 0 Å². The van der Waals surface area contributed by atoms with Crippen LogP contribution in [0.1, 0.15) is 113 Å². The summed E-state index contributed by atoms with van der Waals surface area (Å²) in [6.07, 6.45) is 5.47. The second-order valence-electron chi connectivity index (χ2n) is 12.7. The molecule has 3 rings (SSSR count). The minimum absolute atomic E-state index is 0.0108. The highest BCUT2D eigenvalue weighted by Crippen LogP contribution is 2.58. The van der Waals surface area contributed by atoms with Crippen LogP contribution < -0.4 is 5.32 Å². The van der Waals surface area contributed by atoms with Gasteiger partial charge < -0.3 is 5.32 Å². The van der Waals surface area contributed by atoms with Gasteiger partial charge in [-0.3, -0.25) is 0 Å². The van der Waals surface area contributed by atoms with E-state index in [9.17, 15) is 8.78 Å². The van der Waals surface area contributed by atoms with Crippen molar-refractivity contribution >= 4 is 5.57 Å². The van der Waals surface area contributed by atoms with Gasteiger partial charge in [0.05, 0.1) is 0 Å². The van der Waals surface area contributed by atoms with Crippen molar-refractivity contribution in [3.05, 3.63) is 98.4 Å². The summed E-state index contributed by atoms with van der Waals surface area (Å²) in [5.41, 5.74) is 10.0. The Labute approximate surface area is 247 Å².